The summed E-state index contributed by atoms with van der Waals surface area (Å²) < 4.78 is 16.8. The highest BCUT2D eigenvalue weighted by molar-refractivity contribution is 6.33. The maximum atomic E-state index is 15.0. The zero-order valence-corrected chi connectivity index (χ0v) is 20.1. The van der Waals surface area contributed by atoms with Gasteiger partial charge in [-0.1, -0.05) is 24.6 Å². The van der Waals surface area contributed by atoms with Crippen molar-refractivity contribution >= 4 is 34.2 Å². The SMILES string of the molecule is C[C@H]1CC[C@@H](NC(=O)Nc2cc(Cl)c(-c3ccc4c(cnn4C)c3)cc2F)c2c[nH]c(=O)cc2C1. The van der Waals surface area contributed by atoms with E-state index in [2.05, 4.69) is 27.6 Å². The van der Waals surface area contributed by atoms with E-state index in [0.717, 1.165) is 40.4 Å². The van der Waals surface area contributed by atoms with Gasteiger partial charge in [-0.05, 0) is 66.1 Å². The van der Waals surface area contributed by atoms with Crippen molar-refractivity contribution in [3.8, 4) is 11.1 Å². The predicted molar refractivity (Wildman–Crippen MR) is 135 cm³/mol. The van der Waals surface area contributed by atoms with E-state index >= 15 is 4.39 Å². The summed E-state index contributed by atoms with van der Waals surface area (Å²) in [5, 5.41) is 11.0. The zero-order chi connectivity index (χ0) is 24.7. The van der Waals surface area contributed by atoms with Crippen LogP contribution in [0.1, 0.15) is 36.9 Å². The van der Waals surface area contributed by atoms with Crippen LogP contribution in [0.4, 0.5) is 14.9 Å². The van der Waals surface area contributed by atoms with Crippen molar-refractivity contribution in [3.05, 3.63) is 81.1 Å². The lowest BCUT2D eigenvalue weighted by molar-refractivity contribution is 0.247. The number of aromatic amines is 1. The van der Waals surface area contributed by atoms with E-state index in [9.17, 15) is 9.59 Å². The Bertz CT molecular complexity index is 1500. The molecule has 5 rings (SSSR count). The summed E-state index contributed by atoms with van der Waals surface area (Å²) in [5.74, 6) is -0.204. The molecule has 2 aromatic carbocycles. The molecule has 2 atom stereocenters. The molecule has 0 saturated carbocycles. The fourth-order valence-corrected chi connectivity index (χ4v) is 5.04. The fraction of sp³-hybridized carbons (Fsp3) is 0.269. The smallest absolute Gasteiger partial charge is 0.319 e. The van der Waals surface area contributed by atoms with Gasteiger partial charge in [0.15, 0.2) is 0 Å². The molecule has 180 valence electrons. The number of hydrogen-bond acceptors (Lipinski definition) is 3. The molecule has 35 heavy (non-hydrogen) atoms. The molecule has 1 aliphatic rings. The first-order valence-corrected chi connectivity index (χ1v) is 11.9. The molecular formula is C26H25ClFN5O2. The minimum atomic E-state index is -0.593. The number of nitrogens with one attached hydrogen (secondary N) is 3. The van der Waals surface area contributed by atoms with Gasteiger partial charge >= 0.3 is 6.03 Å². The second kappa shape index (κ2) is 9.19. The Morgan fingerprint density at radius 2 is 2.06 bits per heavy atom. The Labute approximate surface area is 206 Å². The Morgan fingerprint density at radius 3 is 2.89 bits per heavy atom. The van der Waals surface area contributed by atoms with E-state index < -0.39 is 11.8 Å². The Balaban J connectivity index is 1.36. The van der Waals surface area contributed by atoms with Crippen LogP contribution in [0.5, 0.6) is 0 Å². The molecule has 0 saturated heterocycles. The summed E-state index contributed by atoms with van der Waals surface area (Å²) in [6.45, 7) is 2.12. The lowest BCUT2D eigenvalue weighted by Gasteiger charge is -2.20. The third-order valence-electron chi connectivity index (χ3n) is 6.61. The number of hydrogen-bond donors (Lipinski definition) is 3. The van der Waals surface area contributed by atoms with Gasteiger partial charge in [-0.15, -0.1) is 0 Å². The summed E-state index contributed by atoms with van der Waals surface area (Å²) in [6, 6.07) is 9.16. The average Bonchev–Trinajstić information content (AvgIpc) is 3.11. The Morgan fingerprint density at radius 1 is 1.23 bits per heavy atom. The summed E-state index contributed by atoms with van der Waals surface area (Å²) in [7, 11) is 1.85. The fourth-order valence-electron chi connectivity index (χ4n) is 4.77. The van der Waals surface area contributed by atoms with E-state index in [-0.39, 0.29) is 17.3 Å². The lowest BCUT2D eigenvalue weighted by atomic mass is 10.00. The number of carbonyl (C=O) groups is 1. The molecule has 2 amide bonds. The molecule has 9 heteroatoms. The van der Waals surface area contributed by atoms with Crippen molar-refractivity contribution in [2.24, 2.45) is 13.0 Å². The van der Waals surface area contributed by atoms with Gasteiger partial charge in [-0.3, -0.25) is 9.48 Å². The number of aromatic nitrogens is 3. The highest BCUT2D eigenvalue weighted by atomic mass is 35.5. The highest BCUT2D eigenvalue weighted by Crippen LogP contribution is 2.34. The van der Waals surface area contributed by atoms with Gasteiger partial charge in [0.05, 0.1) is 28.5 Å². The number of rotatable bonds is 3. The number of halogens is 2. The number of amides is 2. The first kappa shape index (κ1) is 23.1. The molecule has 0 radical (unpaired) electrons. The molecule has 2 heterocycles. The standard InChI is InChI=1S/C26H25ClFN5O2/c1-14-3-5-22(19-13-29-25(34)9-16(19)7-14)31-26(35)32-23-11-20(27)18(10-21(23)28)15-4-6-24-17(8-15)12-30-33(24)2/h4,6,8-14,22H,3,5,7H2,1-2H3,(H,29,34)(H2,31,32,35)/t14-,22+/m0/s1. The number of nitrogens with zero attached hydrogens (tertiary/aromatic N) is 2. The highest BCUT2D eigenvalue weighted by Gasteiger charge is 2.24. The quantitative estimate of drug-likeness (QED) is 0.326. The van der Waals surface area contributed by atoms with Gasteiger partial charge in [0.1, 0.15) is 5.82 Å². The molecule has 3 N–H and O–H groups in total. The first-order valence-electron chi connectivity index (χ1n) is 11.5. The number of H-pyrrole nitrogens is 1. The molecule has 7 nitrogen and oxygen atoms in total. The Hall–Kier alpha value is -3.65. The number of carbonyl (C=O) groups excluding carboxylic acids is 1. The number of anilines is 1. The van der Waals surface area contributed by atoms with Crippen LogP contribution in [-0.4, -0.2) is 20.8 Å². The van der Waals surface area contributed by atoms with Crippen LogP contribution in [0.15, 0.2) is 53.6 Å². The number of fused-ring (bicyclic) bond motifs is 2. The molecular weight excluding hydrogens is 469 g/mol. The van der Waals surface area contributed by atoms with Crippen LogP contribution in [0, 0.1) is 11.7 Å². The lowest BCUT2D eigenvalue weighted by Crippen LogP contribution is -2.33. The number of pyridine rings is 1. The van der Waals surface area contributed by atoms with Crippen molar-refractivity contribution < 1.29 is 9.18 Å². The van der Waals surface area contributed by atoms with Crippen molar-refractivity contribution in [1.29, 1.82) is 0 Å². The molecule has 0 unspecified atom stereocenters. The van der Waals surface area contributed by atoms with Crippen LogP contribution < -0.4 is 16.2 Å². The molecule has 0 bridgehead atoms. The van der Waals surface area contributed by atoms with E-state index in [4.69, 9.17) is 11.6 Å². The van der Waals surface area contributed by atoms with Crippen molar-refractivity contribution in [3.63, 3.8) is 0 Å². The topological polar surface area (TPSA) is 91.8 Å². The second-order valence-electron chi connectivity index (χ2n) is 9.17. The van der Waals surface area contributed by atoms with Crippen LogP contribution in [-0.2, 0) is 13.5 Å². The van der Waals surface area contributed by atoms with E-state index in [1.807, 2.05) is 25.2 Å². The maximum absolute atomic E-state index is 15.0. The largest absolute Gasteiger partial charge is 0.331 e. The third kappa shape index (κ3) is 4.66. The maximum Gasteiger partial charge on any atom is 0.319 e. The van der Waals surface area contributed by atoms with Crippen LogP contribution in [0.3, 0.4) is 0 Å². The molecule has 0 fully saturated rings. The molecule has 1 aliphatic carbocycles. The van der Waals surface area contributed by atoms with Gasteiger partial charge in [0.2, 0.25) is 5.56 Å². The molecule has 0 aliphatic heterocycles. The van der Waals surface area contributed by atoms with Gasteiger partial charge in [-0.2, -0.15) is 5.10 Å². The summed E-state index contributed by atoms with van der Waals surface area (Å²) >= 11 is 6.49. The number of urea groups is 1. The van der Waals surface area contributed by atoms with E-state index in [1.54, 1.807) is 23.1 Å². The number of aryl methyl sites for hydroxylation is 1. The van der Waals surface area contributed by atoms with Crippen LogP contribution in [0.25, 0.3) is 22.0 Å². The summed E-state index contributed by atoms with van der Waals surface area (Å²) in [5.41, 5.74) is 3.86. The third-order valence-corrected chi connectivity index (χ3v) is 6.92. The number of benzene rings is 2. The zero-order valence-electron chi connectivity index (χ0n) is 19.4. The normalized spacial score (nSPS) is 17.6. The average molecular weight is 494 g/mol. The minimum absolute atomic E-state index is 0.0117. The second-order valence-corrected chi connectivity index (χ2v) is 9.58. The van der Waals surface area contributed by atoms with Gasteiger partial charge in [-0.25, -0.2) is 9.18 Å². The van der Waals surface area contributed by atoms with Gasteiger partial charge in [0.25, 0.3) is 0 Å². The molecule has 0 spiro atoms. The Kier molecular flexibility index (Phi) is 6.06. The van der Waals surface area contributed by atoms with E-state index in [1.165, 1.54) is 12.1 Å². The summed E-state index contributed by atoms with van der Waals surface area (Å²) in [4.78, 5) is 27.3. The van der Waals surface area contributed by atoms with Crippen molar-refractivity contribution in [2.45, 2.75) is 32.2 Å². The van der Waals surface area contributed by atoms with Gasteiger partial charge in [0, 0.05) is 30.3 Å². The molecule has 2 aromatic heterocycles. The van der Waals surface area contributed by atoms with Crippen molar-refractivity contribution in [1.82, 2.24) is 20.1 Å². The predicted octanol–water partition coefficient (Wildman–Crippen LogP) is 5.56. The van der Waals surface area contributed by atoms with Crippen LogP contribution in [0.2, 0.25) is 5.02 Å². The monoisotopic (exact) mass is 493 g/mol. The van der Waals surface area contributed by atoms with Crippen LogP contribution >= 0.6 is 11.6 Å². The first-order chi connectivity index (χ1) is 16.8. The summed E-state index contributed by atoms with van der Waals surface area (Å²) in [6.07, 6.45) is 5.78. The van der Waals surface area contributed by atoms with Crippen molar-refractivity contribution in [2.75, 3.05) is 5.32 Å². The van der Waals surface area contributed by atoms with Gasteiger partial charge < -0.3 is 15.6 Å². The minimum Gasteiger partial charge on any atom is -0.331 e. The van der Waals surface area contributed by atoms with E-state index in [0.29, 0.717) is 22.9 Å². The molecule has 4 aromatic rings.